The van der Waals surface area contributed by atoms with Crippen LogP contribution in [0.2, 0.25) is 0 Å². The number of carbonyl (C=O) groups excluding carboxylic acids is 1. The van der Waals surface area contributed by atoms with Gasteiger partial charge in [0.2, 0.25) is 11.9 Å². The van der Waals surface area contributed by atoms with Gasteiger partial charge in [0, 0.05) is 55.3 Å². The summed E-state index contributed by atoms with van der Waals surface area (Å²) in [6, 6.07) is 17.9. The van der Waals surface area contributed by atoms with Crippen LogP contribution in [-0.2, 0) is 11.2 Å². The van der Waals surface area contributed by atoms with E-state index in [4.69, 9.17) is 9.72 Å². The Balaban J connectivity index is 1.29. The smallest absolute Gasteiger partial charge is 0.229 e. The predicted molar refractivity (Wildman–Crippen MR) is 142 cm³/mol. The third kappa shape index (κ3) is 5.49. The van der Waals surface area contributed by atoms with Crippen molar-refractivity contribution in [3.05, 3.63) is 72.6 Å². The van der Waals surface area contributed by atoms with Crippen molar-refractivity contribution in [3.8, 4) is 11.4 Å². The van der Waals surface area contributed by atoms with Crippen LogP contribution in [0.3, 0.4) is 0 Å². The molecule has 2 aromatic heterocycles. The van der Waals surface area contributed by atoms with E-state index in [0.29, 0.717) is 12.4 Å². The molecular formula is C28H32N6O2. The second-order valence-electron chi connectivity index (χ2n) is 9.50. The third-order valence-corrected chi connectivity index (χ3v) is 6.34. The Morgan fingerprint density at radius 3 is 2.42 bits per heavy atom. The number of aromatic nitrogens is 3. The lowest BCUT2D eigenvalue weighted by Crippen LogP contribution is -2.47. The molecule has 0 spiro atoms. The standard InChI is InChI=1S/C28H32N6O2/c1-20(2)36-25-10-6-23(7-11-25)30-28-29-19-22-12-13-34(27(22)31-28)24-8-4-21(5-9-24)18-26(35)33-16-14-32(3)15-17-33/h4-13,19-20H,14-18H2,1-3H3,(H,29,30,31). The van der Waals surface area contributed by atoms with Gasteiger partial charge in [-0.2, -0.15) is 4.98 Å². The Bertz CT molecular complexity index is 1320. The number of carbonyl (C=O) groups is 1. The van der Waals surface area contributed by atoms with Crippen LogP contribution in [-0.4, -0.2) is 69.6 Å². The molecule has 186 valence electrons. The third-order valence-electron chi connectivity index (χ3n) is 6.34. The summed E-state index contributed by atoms with van der Waals surface area (Å²) in [6.45, 7) is 7.48. The fraction of sp³-hybridized carbons (Fsp3) is 0.321. The largest absolute Gasteiger partial charge is 0.491 e. The molecule has 0 unspecified atom stereocenters. The zero-order valence-corrected chi connectivity index (χ0v) is 21.0. The number of hydrogen-bond donors (Lipinski definition) is 1. The molecule has 5 rings (SSSR count). The van der Waals surface area contributed by atoms with Gasteiger partial charge in [-0.3, -0.25) is 4.79 Å². The number of hydrogen-bond acceptors (Lipinski definition) is 6. The molecule has 1 fully saturated rings. The number of rotatable bonds is 7. The van der Waals surface area contributed by atoms with Crippen LogP contribution in [0.4, 0.5) is 11.6 Å². The normalized spacial score (nSPS) is 14.4. The van der Waals surface area contributed by atoms with E-state index in [1.165, 1.54) is 0 Å². The van der Waals surface area contributed by atoms with Crippen molar-refractivity contribution in [1.29, 1.82) is 0 Å². The topological polar surface area (TPSA) is 75.5 Å². The maximum absolute atomic E-state index is 12.7. The Labute approximate surface area is 211 Å². The van der Waals surface area contributed by atoms with E-state index < -0.39 is 0 Å². The van der Waals surface area contributed by atoms with E-state index in [9.17, 15) is 4.79 Å². The second kappa shape index (κ2) is 10.4. The highest BCUT2D eigenvalue weighted by Gasteiger charge is 2.19. The number of fused-ring (bicyclic) bond motifs is 1. The number of nitrogens with zero attached hydrogens (tertiary/aromatic N) is 5. The monoisotopic (exact) mass is 484 g/mol. The minimum absolute atomic E-state index is 0.133. The second-order valence-corrected chi connectivity index (χ2v) is 9.50. The van der Waals surface area contributed by atoms with E-state index in [1.807, 2.05) is 90.3 Å². The van der Waals surface area contributed by atoms with E-state index in [1.54, 1.807) is 0 Å². The number of benzene rings is 2. The highest BCUT2D eigenvalue weighted by molar-refractivity contribution is 5.80. The van der Waals surface area contributed by atoms with Gasteiger partial charge >= 0.3 is 0 Å². The van der Waals surface area contributed by atoms with Crippen LogP contribution in [0.25, 0.3) is 16.7 Å². The van der Waals surface area contributed by atoms with Gasteiger partial charge in [0.15, 0.2) is 0 Å². The van der Waals surface area contributed by atoms with Gasteiger partial charge in [0.25, 0.3) is 0 Å². The summed E-state index contributed by atoms with van der Waals surface area (Å²) in [5, 5.41) is 4.23. The fourth-order valence-corrected chi connectivity index (χ4v) is 4.32. The van der Waals surface area contributed by atoms with Crippen LogP contribution in [0.15, 0.2) is 67.0 Å². The minimum atomic E-state index is 0.133. The molecule has 4 aromatic rings. The minimum Gasteiger partial charge on any atom is -0.491 e. The van der Waals surface area contributed by atoms with Crippen LogP contribution in [0, 0.1) is 0 Å². The molecule has 1 amide bonds. The number of ether oxygens (including phenoxy) is 1. The molecule has 1 aliphatic heterocycles. The van der Waals surface area contributed by atoms with Crippen LogP contribution >= 0.6 is 0 Å². The maximum atomic E-state index is 12.7. The molecule has 8 heteroatoms. The Kier molecular flexibility index (Phi) is 6.86. The number of anilines is 2. The molecule has 0 radical (unpaired) electrons. The van der Waals surface area contributed by atoms with Gasteiger partial charge in [0.1, 0.15) is 11.4 Å². The van der Waals surface area contributed by atoms with Crippen molar-refractivity contribution in [2.75, 3.05) is 38.5 Å². The summed E-state index contributed by atoms with van der Waals surface area (Å²) >= 11 is 0. The first-order valence-corrected chi connectivity index (χ1v) is 12.4. The van der Waals surface area contributed by atoms with Gasteiger partial charge in [-0.1, -0.05) is 12.1 Å². The molecule has 2 aromatic carbocycles. The maximum Gasteiger partial charge on any atom is 0.229 e. The number of nitrogens with one attached hydrogen (secondary N) is 1. The lowest BCUT2D eigenvalue weighted by atomic mass is 10.1. The lowest BCUT2D eigenvalue weighted by Gasteiger charge is -2.32. The van der Waals surface area contributed by atoms with Gasteiger partial charge < -0.3 is 24.4 Å². The Morgan fingerprint density at radius 2 is 1.72 bits per heavy atom. The van der Waals surface area contributed by atoms with E-state index in [2.05, 4.69) is 22.2 Å². The van der Waals surface area contributed by atoms with Crippen molar-refractivity contribution >= 4 is 28.6 Å². The van der Waals surface area contributed by atoms with E-state index in [-0.39, 0.29) is 12.0 Å². The van der Waals surface area contributed by atoms with Gasteiger partial charge in [-0.15, -0.1) is 0 Å². The van der Waals surface area contributed by atoms with Crippen molar-refractivity contribution < 1.29 is 9.53 Å². The molecule has 36 heavy (non-hydrogen) atoms. The molecule has 1 saturated heterocycles. The number of piperazine rings is 1. The zero-order chi connectivity index (χ0) is 25.1. The van der Waals surface area contributed by atoms with E-state index in [0.717, 1.165) is 59.9 Å². The molecule has 0 atom stereocenters. The van der Waals surface area contributed by atoms with Gasteiger partial charge in [-0.05, 0) is 68.9 Å². The van der Waals surface area contributed by atoms with Crippen LogP contribution < -0.4 is 10.1 Å². The first-order valence-electron chi connectivity index (χ1n) is 12.4. The highest BCUT2D eigenvalue weighted by atomic mass is 16.5. The average molecular weight is 485 g/mol. The predicted octanol–water partition coefficient (Wildman–Crippen LogP) is 4.27. The molecular weight excluding hydrogens is 452 g/mol. The summed E-state index contributed by atoms with van der Waals surface area (Å²) in [4.78, 5) is 26.1. The summed E-state index contributed by atoms with van der Waals surface area (Å²) < 4.78 is 7.75. The number of amides is 1. The quantitative estimate of drug-likeness (QED) is 0.422. The SMILES string of the molecule is CC(C)Oc1ccc(Nc2ncc3ccn(-c4ccc(CC(=O)N5CCN(C)CC5)cc4)c3n2)cc1. The summed E-state index contributed by atoms with van der Waals surface area (Å²) in [6.07, 6.45) is 4.37. The van der Waals surface area contributed by atoms with E-state index >= 15 is 0 Å². The highest BCUT2D eigenvalue weighted by Crippen LogP contribution is 2.23. The summed E-state index contributed by atoms with van der Waals surface area (Å²) in [5.74, 6) is 1.54. The van der Waals surface area contributed by atoms with Crippen LogP contribution in [0.1, 0.15) is 19.4 Å². The molecule has 8 nitrogen and oxygen atoms in total. The van der Waals surface area contributed by atoms with Crippen molar-refractivity contribution in [2.45, 2.75) is 26.4 Å². The molecule has 0 bridgehead atoms. The van der Waals surface area contributed by atoms with Gasteiger partial charge in [-0.25, -0.2) is 4.98 Å². The first kappa shape index (κ1) is 23.8. The molecule has 0 aliphatic carbocycles. The molecule has 3 heterocycles. The van der Waals surface area contributed by atoms with Crippen molar-refractivity contribution in [3.63, 3.8) is 0 Å². The summed E-state index contributed by atoms with van der Waals surface area (Å²) in [5.41, 5.74) is 3.70. The average Bonchev–Trinajstić information content (AvgIpc) is 3.29. The molecule has 0 saturated carbocycles. The van der Waals surface area contributed by atoms with Crippen molar-refractivity contribution in [1.82, 2.24) is 24.3 Å². The zero-order valence-electron chi connectivity index (χ0n) is 21.0. The number of likely N-dealkylation sites (N-methyl/N-ethyl adjacent to an activating group) is 1. The summed E-state index contributed by atoms with van der Waals surface area (Å²) in [7, 11) is 2.09. The lowest BCUT2D eigenvalue weighted by molar-refractivity contribution is -0.132. The van der Waals surface area contributed by atoms with Gasteiger partial charge in [0.05, 0.1) is 12.5 Å². The van der Waals surface area contributed by atoms with Crippen LogP contribution in [0.5, 0.6) is 5.75 Å². The Hall–Kier alpha value is -3.91. The van der Waals surface area contributed by atoms with Crippen molar-refractivity contribution in [2.24, 2.45) is 0 Å². The molecule has 1 N–H and O–H groups in total. The Morgan fingerprint density at radius 1 is 1.00 bits per heavy atom. The molecule has 1 aliphatic rings. The first-order chi connectivity index (χ1) is 17.4. The fourth-order valence-electron chi connectivity index (χ4n) is 4.32.